The van der Waals surface area contributed by atoms with Crippen LogP contribution in [0, 0.1) is 0 Å². The van der Waals surface area contributed by atoms with Crippen molar-refractivity contribution < 1.29 is 22.7 Å². The normalized spacial score (nSPS) is 11.6. The molecule has 0 fully saturated rings. The second kappa shape index (κ2) is 11.7. The average molecular weight is 520 g/mol. The van der Waals surface area contributed by atoms with Crippen molar-refractivity contribution in [1.29, 1.82) is 0 Å². The van der Waals surface area contributed by atoms with E-state index < -0.39 is 9.84 Å². The van der Waals surface area contributed by atoms with Crippen molar-refractivity contribution in [3.05, 3.63) is 76.6 Å². The molecule has 0 atom stereocenters. The van der Waals surface area contributed by atoms with Crippen LogP contribution in [0.15, 0.2) is 59.9 Å². The molecule has 0 aliphatic carbocycles. The van der Waals surface area contributed by atoms with E-state index >= 15 is 0 Å². The number of methoxy groups -OCH3 is 2. The highest BCUT2D eigenvalue weighted by Gasteiger charge is 2.27. The summed E-state index contributed by atoms with van der Waals surface area (Å²) in [6.45, 7) is 4.57. The van der Waals surface area contributed by atoms with E-state index in [0.29, 0.717) is 40.7 Å². The van der Waals surface area contributed by atoms with Crippen LogP contribution < -0.4 is 4.74 Å². The first-order valence-corrected chi connectivity index (χ1v) is 13.1. The zero-order valence-electron chi connectivity index (χ0n) is 20.3. The van der Waals surface area contributed by atoms with E-state index in [1.165, 1.54) is 6.20 Å². The fraction of sp³-hybridized carbons (Fsp3) is 0.360. The van der Waals surface area contributed by atoms with E-state index in [-0.39, 0.29) is 29.4 Å². The molecule has 0 spiro atoms. The molecule has 0 unspecified atom stereocenters. The summed E-state index contributed by atoms with van der Waals surface area (Å²) in [4.78, 5) is 19.2. The Kier molecular flexibility index (Phi) is 8.93. The lowest BCUT2D eigenvalue weighted by Crippen LogP contribution is -2.34. The van der Waals surface area contributed by atoms with Gasteiger partial charge in [-0.05, 0) is 49.7 Å². The van der Waals surface area contributed by atoms with Crippen LogP contribution in [0.3, 0.4) is 0 Å². The van der Waals surface area contributed by atoms with Gasteiger partial charge in [0, 0.05) is 30.3 Å². The Morgan fingerprint density at radius 1 is 1.14 bits per heavy atom. The smallest absolute Gasteiger partial charge is 0.254 e. The Bertz CT molecular complexity index is 1270. The molecule has 10 heteroatoms. The monoisotopic (exact) mass is 519 g/mol. The highest BCUT2D eigenvalue weighted by molar-refractivity contribution is 7.90. The van der Waals surface area contributed by atoms with Gasteiger partial charge in [0.25, 0.3) is 5.91 Å². The van der Waals surface area contributed by atoms with Crippen LogP contribution in [0.5, 0.6) is 5.75 Å². The number of benzene rings is 2. The molecule has 0 aliphatic heterocycles. The molecule has 3 rings (SSSR count). The lowest BCUT2D eigenvalue weighted by molar-refractivity contribution is 0.0674. The van der Waals surface area contributed by atoms with E-state index in [0.717, 1.165) is 0 Å². The summed E-state index contributed by atoms with van der Waals surface area (Å²) in [5.41, 5.74) is 1.65. The van der Waals surface area contributed by atoms with E-state index in [1.807, 2.05) is 13.8 Å². The maximum atomic E-state index is 13.3. The number of ether oxygens (including phenoxy) is 2. The van der Waals surface area contributed by atoms with Gasteiger partial charge in [0.15, 0.2) is 0 Å². The Morgan fingerprint density at radius 2 is 1.89 bits per heavy atom. The number of sulfone groups is 1. The summed E-state index contributed by atoms with van der Waals surface area (Å²) in [6.07, 6.45) is 1.52. The zero-order valence-corrected chi connectivity index (χ0v) is 21.8. The number of halogens is 1. The predicted molar refractivity (Wildman–Crippen MR) is 135 cm³/mol. The molecule has 0 radical (unpaired) electrons. The van der Waals surface area contributed by atoms with Gasteiger partial charge in [0.1, 0.15) is 5.75 Å². The quantitative estimate of drug-likeness (QED) is 0.373. The molecule has 35 heavy (non-hydrogen) atoms. The maximum Gasteiger partial charge on any atom is 0.254 e. The largest absolute Gasteiger partial charge is 0.497 e. The molecule has 2 aromatic carbocycles. The van der Waals surface area contributed by atoms with Crippen LogP contribution in [0.25, 0.3) is 0 Å². The van der Waals surface area contributed by atoms with Crippen molar-refractivity contribution in [1.82, 2.24) is 14.5 Å². The van der Waals surface area contributed by atoms with Crippen LogP contribution in [0.1, 0.15) is 41.5 Å². The first-order valence-electron chi connectivity index (χ1n) is 11.1. The number of aromatic nitrogens is 2. The number of imidazole rings is 1. The van der Waals surface area contributed by atoms with Crippen molar-refractivity contribution >= 4 is 27.3 Å². The number of rotatable bonds is 11. The van der Waals surface area contributed by atoms with Gasteiger partial charge < -0.3 is 18.9 Å². The van der Waals surface area contributed by atoms with Gasteiger partial charge >= 0.3 is 0 Å². The maximum absolute atomic E-state index is 13.3. The summed E-state index contributed by atoms with van der Waals surface area (Å²) >= 11 is 6.03. The van der Waals surface area contributed by atoms with Gasteiger partial charge in [0.05, 0.1) is 37.9 Å². The van der Waals surface area contributed by atoms with Gasteiger partial charge in [-0.1, -0.05) is 29.8 Å². The van der Waals surface area contributed by atoms with Crippen LogP contribution in [0.2, 0.25) is 5.02 Å². The van der Waals surface area contributed by atoms with Crippen molar-refractivity contribution in [3.8, 4) is 5.75 Å². The fourth-order valence-electron chi connectivity index (χ4n) is 3.78. The van der Waals surface area contributed by atoms with Crippen LogP contribution in [-0.2, 0) is 26.9 Å². The molecule has 0 saturated heterocycles. The summed E-state index contributed by atoms with van der Waals surface area (Å²) in [5.74, 6) is 0.123. The second-order valence-electron chi connectivity index (χ2n) is 8.34. The third-order valence-corrected chi connectivity index (χ3v) is 7.21. The minimum absolute atomic E-state index is 0.0389. The minimum Gasteiger partial charge on any atom is -0.497 e. The minimum atomic E-state index is -3.77. The Morgan fingerprint density at radius 3 is 2.54 bits per heavy atom. The lowest BCUT2D eigenvalue weighted by atomic mass is 10.2. The van der Waals surface area contributed by atoms with Gasteiger partial charge in [-0.25, -0.2) is 13.4 Å². The van der Waals surface area contributed by atoms with Crippen LogP contribution in [-0.4, -0.2) is 56.1 Å². The molecule has 1 heterocycles. The second-order valence-corrected chi connectivity index (χ2v) is 10.7. The first-order chi connectivity index (χ1) is 16.7. The predicted octanol–water partition coefficient (Wildman–Crippen LogP) is 4.39. The summed E-state index contributed by atoms with van der Waals surface area (Å²) < 4.78 is 38.7. The van der Waals surface area contributed by atoms with E-state index in [4.69, 9.17) is 21.1 Å². The van der Waals surface area contributed by atoms with Crippen molar-refractivity contribution in [2.75, 3.05) is 27.4 Å². The highest BCUT2D eigenvalue weighted by atomic mass is 35.5. The van der Waals surface area contributed by atoms with Gasteiger partial charge in [0.2, 0.25) is 15.0 Å². The van der Waals surface area contributed by atoms with Gasteiger partial charge in [-0.3, -0.25) is 4.79 Å². The topological polar surface area (TPSA) is 90.7 Å². The molecule has 0 saturated carbocycles. The van der Waals surface area contributed by atoms with E-state index in [9.17, 15) is 13.2 Å². The first kappa shape index (κ1) is 26.7. The van der Waals surface area contributed by atoms with E-state index in [2.05, 4.69) is 4.98 Å². The highest BCUT2D eigenvalue weighted by Crippen LogP contribution is 2.24. The Balaban J connectivity index is 1.94. The average Bonchev–Trinajstić information content (AvgIpc) is 3.26. The molecular weight excluding hydrogens is 490 g/mol. The van der Waals surface area contributed by atoms with Gasteiger partial charge in [-0.2, -0.15) is 0 Å². The molecular formula is C25H30ClN3O5S. The summed E-state index contributed by atoms with van der Waals surface area (Å²) in [7, 11) is -0.667. The third kappa shape index (κ3) is 6.62. The number of hydrogen-bond acceptors (Lipinski definition) is 6. The number of carbonyl (C=O) groups excluding carboxylic acids is 1. The van der Waals surface area contributed by atoms with Crippen molar-refractivity contribution in [3.63, 3.8) is 0 Å². The molecule has 0 aliphatic rings. The number of carbonyl (C=O) groups is 1. The molecule has 0 bridgehead atoms. The molecule has 1 aromatic heterocycles. The molecule has 188 valence electrons. The number of amides is 1. The fourth-order valence-corrected chi connectivity index (χ4v) is 5.58. The standard InChI is InChI=1S/C25H30ClN3O5S/c1-18(2)29-22(15-27-25(29)35(31,32)17-19-7-5-9-21(26)13-19)16-28(11-12-33-3)24(30)20-8-6-10-23(14-20)34-4/h5-10,13-15,18H,11-12,16-17H2,1-4H3. The third-order valence-electron chi connectivity index (χ3n) is 5.40. The number of hydrogen-bond donors (Lipinski definition) is 0. The van der Waals surface area contributed by atoms with Gasteiger partial charge in [-0.15, -0.1) is 0 Å². The van der Waals surface area contributed by atoms with Crippen molar-refractivity contribution in [2.45, 2.75) is 37.3 Å². The van der Waals surface area contributed by atoms with Crippen molar-refractivity contribution in [2.24, 2.45) is 0 Å². The lowest BCUT2D eigenvalue weighted by Gasteiger charge is -2.24. The Labute approximate surface area is 211 Å². The molecule has 1 amide bonds. The molecule has 8 nitrogen and oxygen atoms in total. The summed E-state index contributed by atoms with van der Waals surface area (Å²) in [5, 5.41) is 0.429. The molecule has 3 aromatic rings. The van der Waals surface area contributed by atoms with E-state index in [1.54, 1.807) is 72.2 Å². The van der Waals surface area contributed by atoms with Crippen LogP contribution in [0.4, 0.5) is 0 Å². The zero-order chi connectivity index (χ0) is 25.6. The SMILES string of the molecule is COCCN(Cc1cnc(S(=O)(=O)Cc2cccc(Cl)c2)n1C(C)C)C(=O)c1cccc(OC)c1. The summed E-state index contributed by atoms with van der Waals surface area (Å²) in [6, 6.07) is 13.4. The van der Waals surface area contributed by atoms with Crippen LogP contribution >= 0.6 is 11.6 Å². The Hall–Kier alpha value is -2.88. The molecule has 0 N–H and O–H groups in total. The number of nitrogens with zero attached hydrogens (tertiary/aromatic N) is 3.